The molecule has 0 aliphatic rings. The number of unbranched alkanes of at least 4 members (excludes halogenated alkanes) is 23. The smallest absolute Gasteiger partial charge is 0.387 e. The van der Waals surface area contributed by atoms with E-state index in [-0.39, 0.29) is 19.1 Å². The van der Waals surface area contributed by atoms with Crippen molar-refractivity contribution < 1.29 is 32.9 Å². The molecule has 0 saturated carbocycles. The highest BCUT2D eigenvalue weighted by atomic mass is 31.2. The van der Waals surface area contributed by atoms with Gasteiger partial charge in [0.05, 0.1) is 39.9 Å². The number of hydrogen-bond donors (Lipinski definition) is 3. The van der Waals surface area contributed by atoms with Gasteiger partial charge in [0.1, 0.15) is 13.2 Å². The number of quaternary nitrogens is 1. The van der Waals surface area contributed by atoms with Gasteiger partial charge in [-0.3, -0.25) is 13.8 Å². The maximum absolute atomic E-state index is 12.8. The van der Waals surface area contributed by atoms with E-state index in [4.69, 9.17) is 9.05 Å². The average Bonchev–Trinajstić information content (AvgIpc) is 3.02. The summed E-state index contributed by atoms with van der Waals surface area (Å²) < 4.78 is 23.5. The van der Waals surface area contributed by atoms with Gasteiger partial charge in [0.15, 0.2) is 0 Å². The molecule has 0 aromatic rings. The standard InChI is InChI=1S/C39H79N2O6P/c1-6-8-10-12-14-16-18-20-22-24-26-28-30-32-38(42)37(36-47-48(44,45)46-35-34-41(3,4)5)40-39(43)33-31-29-27-25-23-21-19-17-15-13-11-9-7-2/h30,32,37-38,42H,6-29,31,33-36H2,1-5H3,(H-,40,43,44,45)/p+1/b32-30+. The second-order valence-corrected chi connectivity index (χ2v) is 16.5. The van der Waals surface area contributed by atoms with Crippen LogP contribution in [-0.2, 0) is 18.4 Å². The lowest BCUT2D eigenvalue weighted by atomic mass is 10.0. The van der Waals surface area contributed by atoms with Crippen molar-refractivity contribution in [1.29, 1.82) is 0 Å². The second-order valence-electron chi connectivity index (χ2n) is 15.0. The van der Waals surface area contributed by atoms with Gasteiger partial charge in [-0.05, 0) is 19.3 Å². The molecule has 0 heterocycles. The highest BCUT2D eigenvalue weighted by molar-refractivity contribution is 7.47. The van der Waals surface area contributed by atoms with Gasteiger partial charge in [0.2, 0.25) is 5.91 Å². The van der Waals surface area contributed by atoms with E-state index in [1.165, 1.54) is 122 Å². The number of allylic oxidation sites excluding steroid dienone is 1. The second kappa shape index (κ2) is 32.2. The monoisotopic (exact) mass is 704 g/mol. The van der Waals surface area contributed by atoms with Crippen LogP contribution < -0.4 is 5.32 Å². The largest absolute Gasteiger partial charge is 0.472 e. The van der Waals surface area contributed by atoms with E-state index in [1.54, 1.807) is 6.08 Å². The van der Waals surface area contributed by atoms with E-state index in [1.807, 2.05) is 27.2 Å². The van der Waals surface area contributed by atoms with Gasteiger partial charge in [-0.25, -0.2) is 4.57 Å². The molecule has 0 aromatic heterocycles. The number of carbonyl (C=O) groups is 1. The maximum atomic E-state index is 12.8. The van der Waals surface area contributed by atoms with Gasteiger partial charge in [-0.1, -0.05) is 167 Å². The summed E-state index contributed by atoms with van der Waals surface area (Å²) >= 11 is 0. The van der Waals surface area contributed by atoms with E-state index in [9.17, 15) is 19.4 Å². The van der Waals surface area contributed by atoms with Crippen LogP contribution in [0.25, 0.3) is 0 Å². The van der Waals surface area contributed by atoms with Gasteiger partial charge in [0, 0.05) is 6.42 Å². The van der Waals surface area contributed by atoms with Gasteiger partial charge in [-0.2, -0.15) is 0 Å². The Morgan fingerprint density at radius 3 is 1.54 bits per heavy atom. The Balaban J connectivity index is 4.50. The third kappa shape index (κ3) is 33.7. The molecular formula is C39H80N2O6P+. The molecule has 0 fully saturated rings. The Labute approximate surface area is 297 Å². The Morgan fingerprint density at radius 2 is 1.10 bits per heavy atom. The van der Waals surface area contributed by atoms with Crippen molar-refractivity contribution in [3.63, 3.8) is 0 Å². The minimum Gasteiger partial charge on any atom is -0.387 e. The Morgan fingerprint density at radius 1 is 0.688 bits per heavy atom. The summed E-state index contributed by atoms with van der Waals surface area (Å²) in [4.78, 5) is 23.0. The lowest BCUT2D eigenvalue weighted by Crippen LogP contribution is -2.45. The minimum atomic E-state index is -4.32. The average molecular weight is 704 g/mol. The van der Waals surface area contributed by atoms with E-state index >= 15 is 0 Å². The van der Waals surface area contributed by atoms with Crippen LogP contribution in [0.15, 0.2) is 12.2 Å². The molecule has 3 atom stereocenters. The van der Waals surface area contributed by atoms with E-state index in [0.717, 1.165) is 38.5 Å². The van der Waals surface area contributed by atoms with Gasteiger partial charge >= 0.3 is 7.82 Å². The number of carbonyl (C=O) groups excluding carboxylic acids is 1. The van der Waals surface area contributed by atoms with Crippen molar-refractivity contribution >= 4 is 13.7 Å². The Hall–Kier alpha value is -0.760. The van der Waals surface area contributed by atoms with Crippen LogP contribution in [0.3, 0.4) is 0 Å². The third-order valence-electron chi connectivity index (χ3n) is 9.01. The number of likely N-dealkylation sites (N-methyl/N-ethyl adjacent to an activating group) is 1. The number of rotatable bonds is 36. The van der Waals surface area contributed by atoms with Crippen LogP contribution in [0.5, 0.6) is 0 Å². The van der Waals surface area contributed by atoms with Crippen LogP contribution in [0.4, 0.5) is 0 Å². The highest BCUT2D eigenvalue weighted by Gasteiger charge is 2.27. The molecule has 1 amide bonds. The molecule has 0 rings (SSSR count). The van der Waals surface area contributed by atoms with Crippen molar-refractivity contribution in [1.82, 2.24) is 5.32 Å². The molecule has 0 radical (unpaired) electrons. The predicted octanol–water partition coefficient (Wildman–Crippen LogP) is 10.4. The fourth-order valence-corrected chi connectivity index (χ4v) is 6.48. The minimum absolute atomic E-state index is 0.0643. The van der Waals surface area contributed by atoms with Crippen molar-refractivity contribution in [2.75, 3.05) is 40.9 Å². The first-order chi connectivity index (χ1) is 23.0. The number of aliphatic hydroxyl groups is 1. The van der Waals surface area contributed by atoms with E-state index in [2.05, 4.69) is 19.2 Å². The summed E-state index contributed by atoms with van der Waals surface area (Å²) in [7, 11) is 1.58. The molecular weight excluding hydrogens is 623 g/mol. The zero-order valence-corrected chi connectivity index (χ0v) is 33.1. The molecule has 0 aliphatic heterocycles. The SMILES string of the molecule is CCCCCCCCCCCCC/C=C/C(O)C(COP(=O)(O)OCC[N+](C)(C)C)NC(=O)CCCCCCCCCCCCCCC. The molecule has 9 heteroatoms. The number of phosphoric acid groups is 1. The van der Waals surface area contributed by atoms with Crippen molar-refractivity contribution in [2.24, 2.45) is 0 Å². The fourth-order valence-electron chi connectivity index (χ4n) is 5.75. The molecule has 0 saturated heterocycles. The number of nitrogens with zero attached hydrogens (tertiary/aromatic N) is 1. The number of nitrogens with one attached hydrogen (secondary N) is 1. The highest BCUT2D eigenvalue weighted by Crippen LogP contribution is 2.43. The molecule has 0 spiro atoms. The first-order valence-corrected chi connectivity index (χ1v) is 21.6. The summed E-state index contributed by atoms with van der Waals surface area (Å²) in [6.07, 6.45) is 34.1. The molecule has 8 nitrogen and oxygen atoms in total. The molecule has 0 bridgehead atoms. The van der Waals surface area contributed by atoms with E-state index < -0.39 is 20.0 Å². The molecule has 48 heavy (non-hydrogen) atoms. The lowest BCUT2D eigenvalue weighted by molar-refractivity contribution is -0.870. The zero-order valence-electron chi connectivity index (χ0n) is 32.2. The number of phosphoric ester groups is 1. The van der Waals surface area contributed by atoms with E-state index in [0.29, 0.717) is 17.4 Å². The quantitative estimate of drug-likeness (QED) is 0.0260. The molecule has 3 N–H and O–H groups in total. The topological polar surface area (TPSA) is 105 Å². The first-order valence-electron chi connectivity index (χ1n) is 20.1. The summed E-state index contributed by atoms with van der Waals surface area (Å²) in [6, 6.07) is -0.837. The normalized spacial score (nSPS) is 14.7. The molecule has 3 unspecified atom stereocenters. The Kier molecular flexibility index (Phi) is 31.7. The Bertz CT molecular complexity index is 804. The van der Waals surface area contributed by atoms with Gasteiger partial charge in [0.25, 0.3) is 0 Å². The lowest BCUT2D eigenvalue weighted by Gasteiger charge is -2.25. The van der Waals surface area contributed by atoms with Gasteiger partial charge in [-0.15, -0.1) is 0 Å². The summed E-state index contributed by atoms with van der Waals surface area (Å²) in [5, 5.41) is 13.8. The molecule has 286 valence electrons. The number of aliphatic hydroxyl groups excluding tert-OH is 1. The van der Waals surface area contributed by atoms with Crippen molar-refractivity contribution in [3.8, 4) is 0 Å². The van der Waals surface area contributed by atoms with Crippen molar-refractivity contribution in [2.45, 2.75) is 193 Å². The molecule has 0 aliphatic carbocycles. The predicted molar refractivity (Wildman–Crippen MR) is 203 cm³/mol. The maximum Gasteiger partial charge on any atom is 0.472 e. The number of hydrogen-bond acceptors (Lipinski definition) is 5. The summed E-state index contributed by atoms with van der Waals surface area (Å²) in [5.41, 5.74) is 0. The van der Waals surface area contributed by atoms with Crippen LogP contribution in [-0.4, -0.2) is 73.4 Å². The first kappa shape index (κ1) is 47.2. The van der Waals surface area contributed by atoms with Gasteiger partial charge < -0.3 is 19.8 Å². The fraction of sp³-hybridized carbons (Fsp3) is 0.923. The summed E-state index contributed by atoms with van der Waals surface area (Å²) in [6.45, 7) is 4.80. The zero-order chi connectivity index (χ0) is 35.8. The van der Waals surface area contributed by atoms with Crippen molar-refractivity contribution in [3.05, 3.63) is 12.2 Å². The van der Waals surface area contributed by atoms with Crippen LogP contribution in [0.1, 0.15) is 181 Å². The summed E-state index contributed by atoms with van der Waals surface area (Å²) in [5.74, 6) is -0.178. The molecule has 0 aromatic carbocycles. The van der Waals surface area contributed by atoms with Crippen LogP contribution >= 0.6 is 7.82 Å². The van der Waals surface area contributed by atoms with Crippen LogP contribution in [0.2, 0.25) is 0 Å². The number of amides is 1. The third-order valence-corrected chi connectivity index (χ3v) is 9.99. The van der Waals surface area contributed by atoms with Crippen LogP contribution in [0, 0.1) is 0 Å².